The Morgan fingerprint density at radius 2 is 1.36 bits per heavy atom. The van der Waals surface area contributed by atoms with Gasteiger partial charge in [-0.15, -0.1) is 0 Å². The molecule has 2 heteroatoms. The van der Waals surface area contributed by atoms with Gasteiger partial charge in [0.2, 0.25) is 0 Å². The number of rotatable bonds is 15. The van der Waals surface area contributed by atoms with Crippen molar-refractivity contribution < 1.29 is 9.53 Å². The van der Waals surface area contributed by atoms with E-state index in [1.54, 1.807) is 6.92 Å². The van der Waals surface area contributed by atoms with Crippen LogP contribution in [0.25, 0.3) is 0 Å². The SMILES string of the molecule is C=C(C)C(=O)OCCCCCCCC(CCCC)CCCC. The minimum Gasteiger partial charge on any atom is -0.462 e. The summed E-state index contributed by atoms with van der Waals surface area (Å²) < 4.78 is 5.10. The van der Waals surface area contributed by atoms with Crippen LogP contribution >= 0.6 is 0 Å². The summed E-state index contributed by atoms with van der Waals surface area (Å²) in [5.74, 6) is 0.700. The minimum absolute atomic E-state index is 0.255. The summed E-state index contributed by atoms with van der Waals surface area (Å²) in [4.78, 5) is 11.2. The molecule has 0 saturated heterocycles. The van der Waals surface area contributed by atoms with Crippen LogP contribution in [0.3, 0.4) is 0 Å². The lowest BCUT2D eigenvalue weighted by molar-refractivity contribution is -0.139. The third kappa shape index (κ3) is 12.9. The van der Waals surface area contributed by atoms with Crippen LogP contribution in [0, 0.1) is 5.92 Å². The van der Waals surface area contributed by atoms with Crippen LogP contribution in [0.5, 0.6) is 0 Å². The number of unbranched alkanes of at least 4 members (excludes halogenated alkanes) is 6. The van der Waals surface area contributed by atoms with Gasteiger partial charge in [-0.25, -0.2) is 4.79 Å². The maximum atomic E-state index is 11.2. The summed E-state index contributed by atoms with van der Waals surface area (Å²) in [6.45, 7) is 10.4. The topological polar surface area (TPSA) is 26.3 Å². The second-order valence-electron chi connectivity index (χ2n) is 6.62. The van der Waals surface area contributed by atoms with Crippen LogP contribution in [0.15, 0.2) is 12.2 Å². The number of esters is 1. The molecule has 0 aliphatic carbocycles. The Kier molecular flexibility index (Phi) is 14.6. The van der Waals surface area contributed by atoms with E-state index in [0.29, 0.717) is 12.2 Å². The van der Waals surface area contributed by atoms with E-state index in [9.17, 15) is 4.79 Å². The maximum absolute atomic E-state index is 11.2. The number of carbonyl (C=O) groups is 1. The van der Waals surface area contributed by atoms with Gasteiger partial charge in [0, 0.05) is 5.57 Å². The zero-order valence-electron chi connectivity index (χ0n) is 15.3. The van der Waals surface area contributed by atoms with Gasteiger partial charge in [0.15, 0.2) is 0 Å². The van der Waals surface area contributed by atoms with Crippen LogP contribution in [0.4, 0.5) is 0 Å². The van der Waals surface area contributed by atoms with Crippen LogP contribution in [0.2, 0.25) is 0 Å². The van der Waals surface area contributed by atoms with E-state index >= 15 is 0 Å². The third-order valence-electron chi connectivity index (χ3n) is 4.27. The molecule has 0 heterocycles. The first-order chi connectivity index (χ1) is 10.6. The number of hydrogen-bond donors (Lipinski definition) is 0. The fourth-order valence-electron chi connectivity index (χ4n) is 2.77. The number of hydrogen-bond acceptors (Lipinski definition) is 2. The molecule has 2 nitrogen and oxygen atoms in total. The van der Waals surface area contributed by atoms with E-state index in [0.717, 1.165) is 18.8 Å². The molecular weight excluding hydrogens is 272 g/mol. The van der Waals surface area contributed by atoms with Gasteiger partial charge in [0.25, 0.3) is 0 Å². The summed E-state index contributed by atoms with van der Waals surface area (Å²) in [5.41, 5.74) is 0.491. The fourth-order valence-corrected chi connectivity index (χ4v) is 2.77. The van der Waals surface area contributed by atoms with Crippen LogP contribution in [-0.4, -0.2) is 12.6 Å². The molecule has 0 aliphatic rings. The predicted octanol–water partition coefficient (Wildman–Crippen LogP) is 6.44. The first-order valence-electron chi connectivity index (χ1n) is 9.44. The zero-order valence-corrected chi connectivity index (χ0v) is 15.3. The first-order valence-corrected chi connectivity index (χ1v) is 9.44. The smallest absolute Gasteiger partial charge is 0.333 e. The summed E-state index contributed by atoms with van der Waals surface area (Å²) in [5, 5.41) is 0. The highest BCUT2D eigenvalue weighted by molar-refractivity contribution is 5.86. The minimum atomic E-state index is -0.255. The molecule has 0 N–H and O–H groups in total. The van der Waals surface area contributed by atoms with E-state index in [2.05, 4.69) is 20.4 Å². The Balaban J connectivity index is 3.51. The molecule has 0 aliphatic heterocycles. The van der Waals surface area contributed by atoms with Gasteiger partial charge in [-0.2, -0.15) is 0 Å². The van der Waals surface area contributed by atoms with Gasteiger partial charge in [0.05, 0.1) is 6.61 Å². The molecule has 0 bridgehead atoms. The van der Waals surface area contributed by atoms with E-state index in [1.165, 1.54) is 64.2 Å². The molecule has 0 fully saturated rings. The van der Waals surface area contributed by atoms with Gasteiger partial charge >= 0.3 is 5.97 Å². The molecule has 0 amide bonds. The van der Waals surface area contributed by atoms with Crippen molar-refractivity contribution in [3.8, 4) is 0 Å². The summed E-state index contributed by atoms with van der Waals surface area (Å²) in [6, 6.07) is 0. The zero-order chi connectivity index (χ0) is 16.6. The molecule has 22 heavy (non-hydrogen) atoms. The van der Waals surface area contributed by atoms with E-state index in [1.807, 2.05) is 0 Å². The van der Waals surface area contributed by atoms with Crippen LogP contribution in [0.1, 0.15) is 97.8 Å². The summed E-state index contributed by atoms with van der Waals surface area (Å²) in [6.07, 6.45) is 15.8. The lowest BCUT2D eigenvalue weighted by atomic mass is 9.90. The van der Waals surface area contributed by atoms with E-state index in [-0.39, 0.29) is 5.97 Å². The number of carbonyl (C=O) groups excluding carboxylic acids is 1. The van der Waals surface area contributed by atoms with Crippen molar-refractivity contribution >= 4 is 5.97 Å². The molecule has 0 aromatic heterocycles. The Hall–Kier alpha value is -0.790. The quantitative estimate of drug-likeness (QED) is 0.197. The fraction of sp³-hybridized carbons (Fsp3) is 0.850. The summed E-state index contributed by atoms with van der Waals surface area (Å²) in [7, 11) is 0. The van der Waals surface area contributed by atoms with Crippen molar-refractivity contribution in [3.63, 3.8) is 0 Å². The first kappa shape index (κ1) is 21.2. The molecule has 0 aromatic carbocycles. The highest BCUT2D eigenvalue weighted by Gasteiger charge is 2.07. The van der Waals surface area contributed by atoms with Crippen LogP contribution < -0.4 is 0 Å². The van der Waals surface area contributed by atoms with Crippen LogP contribution in [-0.2, 0) is 9.53 Å². The predicted molar refractivity (Wildman–Crippen MR) is 96.0 cm³/mol. The Labute approximate surface area is 138 Å². The van der Waals surface area contributed by atoms with Crippen molar-refractivity contribution in [2.24, 2.45) is 5.92 Å². The molecule has 0 rings (SSSR count). The van der Waals surface area contributed by atoms with Crippen molar-refractivity contribution in [1.82, 2.24) is 0 Å². The van der Waals surface area contributed by atoms with E-state index in [4.69, 9.17) is 4.74 Å². The molecule has 0 saturated carbocycles. The summed E-state index contributed by atoms with van der Waals surface area (Å²) >= 11 is 0. The maximum Gasteiger partial charge on any atom is 0.333 e. The Bertz CT molecular complexity index is 275. The van der Waals surface area contributed by atoms with Gasteiger partial charge in [-0.3, -0.25) is 0 Å². The molecule has 0 radical (unpaired) electrons. The highest BCUT2D eigenvalue weighted by atomic mass is 16.5. The lowest BCUT2D eigenvalue weighted by Gasteiger charge is -2.16. The second kappa shape index (κ2) is 15.1. The monoisotopic (exact) mass is 310 g/mol. The van der Waals surface area contributed by atoms with Gasteiger partial charge in [-0.05, 0) is 19.3 Å². The number of ether oxygens (including phenoxy) is 1. The van der Waals surface area contributed by atoms with Gasteiger partial charge in [-0.1, -0.05) is 91.1 Å². The lowest BCUT2D eigenvalue weighted by Crippen LogP contribution is -2.06. The average Bonchev–Trinajstić information content (AvgIpc) is 2.51. The standard InChI is InChI=1S/C20H38O2/c1-5-7-14-19(15-8-6-2)16-12-10-9-11-13-17-22-20(21)18(3)4/h19H,3,5-17H2,1-2,4H3. The normalized spacial score (nSPS) is 10.9. The van der Waals surface area contributed by atoms with Crippen molar-refractivity contribution in [2.75, 3.05) is 6.61 Å². The average molecular weight is 311 g/mol. The van der Waals surface area contributed by atoms with Gasteiger partial charge in [0.1, 0.15) is 0 Å². The molecule has 0 spiro atoms. The highest BCUT2D eigenvalue weighted by Crippen LogP contribution is 2.22. The third-order valence-corrected chi connectivity index (χ3v) is 4.27. The molecule has 0 atom stereocenters. The Morgan fingerprint density at radius 3 is 1.91 bits per heavy atom. The Morgan fingerprint density at radius 1 is 0.864 bits per heavy atom. The van der Waals surface area contributed by atoms with Crippen molar-refractivity contribution in [1.29, 1.82) is 0 Å². The van der Waals surface area contributed by atoms with Crippen molar-refractivity contribution in [2.45, 2.75) is 97.8 Å². The van der Waals surface area contributed by atoms with Gasteiger partial charge < -0.3 is 4.74 Å². The molecular formula is C20H38O2. The largest absolute Gasteiger partial charge is 0.462 e. The van der Waals surface area contributed by atoms with E-state index < -0.39 is 0 Å². The second-order valence-corrected chi connectivity index (χ2v) is 6.62. The molecule has 0 unspecified atom stereocenters. The molecule has 0 aromatic rings. The van der Waals surface area contributed by atoms with Crippen molar-refractivity contribution in [3.05, 3.63) is 12.2 Å². The molecule has 130 valence electrons.